The van der Waals surface area contributed by atoms with E-state index in [1.165, 1.54) is 77.5 Å². The van der Waals surface area contributed by atoms with Gasteiger partial charge in [0.1, 0.15) is 0 Å². The lowest BCUT2D eigenvalue weighted by Gasteiger charge is -2.24. The Morgan fingerprint density at radius 2 is 1.65 bits per heavy atom. The first kappa shape index (κ1) is 13.4. The highest BCUT2D eigenvalue weighted by Crippen LogP contribution is 2.27. The summed E-state index contributed by atoms with van der Waals surface area (Å²) in [7, 11) is 0. The molecule has 100 valence electrons. The molecule has 2 aliphatic rings. The average Bonchev–Trinajstić information content (AvgIpc) is 2.75. The van der Waals surface area contributed by atoms with Crippen molar-refractivity contribution in [3.05, 3.63) is 0 Å². The summed E-state index contributed by atoms with van der Waals surface area (Å²) in [5.41, 5.74) is 0. The van der Waals surface area contributed by atoms with Gasteiger partial charge in [-0.25, -0.2) is 0 Å². The molecular weight excluding hydrogens is 208 g/mol. The maximum atomic E-state index is 3.75. The first-order chi connectivity index (χ1) is 8.36. The summed E-state index contributed by atoms with van der Waals surface area (Å²) in [6, 6.07) is 0.740. The molecule has 0 aromatic rings. The molecule has 2 fully saturated rings. The molecule has 0 bridgehead atoms. The van der Waals surface area contributed by atoms with Crippen molar-refractivity contribution < 1.29 is 0 Å². The maximum Gasteiger partial charge on any atom is 0.0107 e. The van der Waals surface area contributed by atoms with Gasteiger partial charge in [-0.05, 0) is 51.6 Å². The summed E-state index contributed by atoms with van der Waals surface area (Å²) in [4.78, 5) is 2.65. The summed E-state index contributed by atoms with van der Waals surface area (Å²) in [5.74, 6) is 0.958. The molecule has 1 aliphatic carbocycles. The molecule has 0 spiro atoms. The van der Waals surface area contributed by atoms with E-state index < -0.39 is 0 Å². The van der Waals surface area contributed by atoms with Gasteiger partial charge in [0.25, 0.3) is 0 Å². The van der Waals surface area contributed by atoms with E-state index in [9.17, 15) is 0 Å². The van der Waals surface area contributed by atoms with Crippen LogP contribution in [0.2, 0.25) is 0 Å². The third kappa shape index (κ3) is 4.59. The second-order valence-corrected chi connectivity index (χ2v) is 6.04. The Kier molecular flexibility index (Phi) is 5.79. The lowest BCUT2D eigenvalue weighted by Crippen LogP contribution is -2.39. The van der Waals surface area contributed by atoms with Gasteiger partial charge in [-0.3, -0.25) is 0 Å². The Bertz CT molecular complexity index is 189. The molecule has 1 heterocycles. The van der Waals surface area contributed by atoms with Crippen LogP contribution >= 0.6 is 0 Å². The molecule has 1 aliphatic heterocycles. The van der Waals surface area contributed by atoms with E-state index in [-0.39, 0.29) is 0 Å². The first-order valence-corrected chi connectivity index (χ1v) is 7.82. The quantitative estimate of drug-likeness (QED) is 0.792. The highest BCUT2D eigenvalue weighted by Gasteiger charge is 2.20. The lowest BCUT2D eigenvalue weighted by atomic mass is 10.00. The highest BCUT2D eigenvalue weighted by atomic mass is 15.1. The van der Waals surface area contributed by atoms with E-state index in [1.54, 1.807) is 0 Å². The summed E-state index contributed by atoms with van der Waals surface area (Å²) in [6.07, 6.45) is 11.6. The van der Waals surface area contributed by atoms with Gasteiger partial charge < -0.3 is 10.2 Å². The minimum absolute atomic E-state index is 0.740. The van der Waals surface area contributed by atoms with Crippen LogP contribution in [0.4, 0.5) is 0 Å². The van der Waals surface area contributed by atoms with Crippen LogP contribution in [-0.2, 0) is 0 Å². The maximum absolute atomic E-state index is 3.75. The number of rotatable bonds is 5. The Morgan fingerprint density at radius 1 is 1.00 bits per heavy atom. The monoisotopic (exact) mass is 238 g/mol. The van der Waals surface area contributed by atoms with E-state index in [4.69, 9.17) is 0 Å². The van der Waals surface area contributed by atoms with E-state index in [0.29, 0.717) is 0 Å². The molecule has 2 nitrogen and oxygen atoms in total. The predicted octanol–water partition coefficient (Wildman–Crippen LogP) is 3.03. The predicted molar refractivity (Wildman–Crippen MR) is 74.3 cm³/mol. The zero-order valence-corrected chi connectivity index (χ0v) is 11.6. The number of nitrogens with one attached hydrogen (secondary N) is 1. The molecule has 1 saturated heterocycles. The van der Waals surface area contributed by atoms with Crippen LogP contribution in [0.3, 0.4) is 0 Å². The molecule has 0 radical (unpaired) electrons. The van der Waals surface area contributed by atoms with Crippen molar-refractivity contribution in [2.45, 2.75) is 64.3 Å². The van der Waals surface area contributed by atoms with Crippen molar-refractivity contribution in [1.29, 1.82) is 0 Å². The topological polar surface area (TPSA) is 15.3 Å². The molecule has 2 rings (SSSR count). The fraction of sp³-hybridized carbons (Fsp3) is 1.00. The number of hydrogen-bond donors (Lipinski definition) is 1. The lowest BCUT2D eigenvalue weighted by molar-refractivity contribution is 0.271. The van der Waals surface area contributed by atoms with Gasteiger partial charge in [-0.15, -0.1) is 0 Å². The summed E-state index contributed by atoms with van der Waals surface area (Å²) in [5, 5.41) is 3.75. The Labute approximate surface area is 107 Å². The molecule has 0 aromatic carbocycles. The Morgan fingerprint density at radius 3 is 2.29 bits per heavy atom. The summed E-state index contributed by atoms with van der Waals surface area (Å²) in [6.45, 7) is 7.51. The van der Waals surface area contributed by atoms with Gasteiger partial charge in [0.05, 0.1) is 0 Å². The van der Waals surface area contributed by atoms with Crippen molar-refractivity contribution in [3.8, 4) is 0 Å². The SMILES string of the molecule is CC(NCCN1CCCCCC1)C1CCCC1. The number of likely N-dealkylation sites (tertiary alicyclic amines) is 1. The van der Waals surface area contributed by atoms with E-state index in [1.807, 2.05) is 0 Å². The molecule has 17 heavy (non-hydrogen) atoms. The van der Waals surface area contributed by atoms with E-state index in [2.05, 4.69) is 17.1 Å². The summed E-state index contributed by atoms with van der Waals surface area (Å²) < 4.78 is 0. The standard InChI is InChI=1S/C15H30N2/c1-14(15-8-4-5-9-15)16-10-13-17-11-6-2-3-7-12-17/h14-16H,2-13H2,1H3. The molecule has 0 amide bonds. The first-order valence-electron chi connectivity index (χ1n) is 7.82. The normalized spacial score (nSPS) is 25.9. The van der Waals surface area contributed by atoms with Crippen LogP contribution in [0.25, 0.3) is 0 Å². The smallest absolute Gasteiger partial charge is 0.0107 e. The van der Waals surface area contributed by atoms with E-state index >= 15 is 0 Å². The Hall–Kier alpha value is -0.0800. The van der Waals surface area contributed by atoms with Crippen LogP contribution in [0.1, 0.15) is 58.3 Å². The highest BCUT2D eigenvalue weighted by molar-refractivity contribution is 4.77. The van der Waals surface area contributed by atoms with Gasteiger partial charge in [-0.1, -0.05) is 25.7 Å². The van der Waals surface area contributed by atoms with Crippen molar-refractivity contribution in [2.24, 2.45) is 5.92 Å². The zero-order chi connectivity index (χ0) is 11.9. The van der Waals surface area contributed by atoms with Crippen LogP contribution < -0.4 is 5.32 Å². The number of nitrogens with zero attached hydrogens (tertiary/aromatic N) is 1. The Balaban J connectivity index is 1.57. The molecule has 1 saturated carbocycles. The van der Waals surface area contributed by atoms with Crippen LogP contribution in [0.5, 0.6) is 0 Å². The molecule has 1 atom stereocenters. The fourth-order valence-electron chi connectivity index (χ4n) is 3.43. The largest absolute Gasteiger partial charge is 0.313 e. The summed E-state index contributed by atoms with van der Waals surface area (Å²) >= 11 is 0. The second kappa shape index (κ2) is 7.38. The molecular formula is C15H30N2. The van der Waals surface area contributed by atoms with E-state index in [0.717, 1.165) is 12.0 Å². The van der Waals surface area contributed by atoms with Gasteiger partial charge in [0.2, 0.25) is 0 Å². The minimum atomic E-state index is 0.740. The average molecular weight is 238 g/mol. The van der Waals surface area contributed by atoms with Crippen LogP contribution in [0, 0.1) is 5.92 Å². The molecule has 1 unspecified atom stereocenters. The third-order valence-corrected chi connectivity index (χ3v) is 4.70. The third-order valence-electron chi connectivity index (χ3n) is 4.70. The van der Waals surface area contributed by atoms with Crippen molar-refractivity contribution >= 4 is 0 Å². The van der Waals surface area contributed by atoms with Gasteiger partial charge >= 0.3 is 0 Å². The minimum Gasteiger partial charge on any atom is -0.313 e. The second-order valence-electron chi connectivity index (χ2n) is 6.04. The van der Waals surface area contributed by atoms with Crippen molar-refractivity contribution in [3.63, 3.8) is 0 Å². The molecule has 2 heteroatoms. The fourth-order valence-corrected chi connectivity index (χ4v) is 3.43. The number of hydrogen-bond acceptors (Lipinski definition) is 2. The van der Waals surface area contributed by atoms with Crippen LogP contribution in [-0.4, -0.2) is 37.1 Å². The zero-order valence-electron chi connectivity index (χ0n) is 11.6. The van der Waals surface area contributed by atoms with Gasteiger partial charge in [-0.2, -0.15) is 0 Å². The van der Waals surface area contributed by atoms with Crippen molar-refractivity contribution in [2.75, 3.05) is 26.2 Å². The molecule has 1 N–H and O–H groups in total. The molecule has 0 aromatic heterocycles. The van der Waals surface area contributed by atoms with Gasteiger partial charge in [0.15, 0.2) is 0 Å². The van der Waals surface area contributed by atoms with Crippen molar-refractivity contribution in [1.82, 2.24) is 10.2 Å². The van der Waals surface area contributed by atoms with Gasteiger partial charge in [0, 0.05) is 19.1 Å². The van der Waals surface area contributed by atoms with Crippen LogP contribution in [0.15, 0.2) is 0 Å².